The van der Waals surface area contributed by atoms with Crippen molar-refractivity contribution in [2.75, 3.05) is 5.32 Å². The molecule has 0 radical (unpaired) electrons. The van der Waals surface area contributed by atoms with E-state index >= 15 is 0 Å². The topological polar surface area (TPSA) is 73.1 Å². The molecule has 0 unspecified atom stereocenters. The predicted molar refractivity (Wildman–Crippen MR) is 71.7 cm³/mol. The Hall–Kier alpha value is -1.36. The van der Waals surface area contributed by atoms with E-state index in [1.54, 1.807) is 0 Å². The fourth-order valence-electron chi connectivity index (χ4n) is 2.20. The fourth-order valence-corrected chi connectivity index (χ4v) is 2.20. The molecule has 1 aliphatic carbocycles. The molecule has 5 heteroatoms. The van der Waals surface area contributed by atoms with Crippen LogP contribution < -0.4 is 15.8 Å². The Bertz CT molecular complexity index is 375. The molecule has 1 aromatic rings. The third-order valence-corrected chi connectivity index (χ3v) is 3.12. The van der Waals surface area contributed by atoms with Crippen LogP contribution in [0.15, 0.2) is 12.4 Å². The third-order valence-electron chi connectivity index (χ3n) is 3.12. The van der Waals surface area contributed by atoms with Gasteiger partial charge in [-0.2, -0.15) is 0 Å². The summed E-state index contributed by atoms with van der Waals surface area (Å²) in [5, 5.41) is 3.43. The molecule has 0 amide bonds. The van der Waals surface area contributed by atoms with E-state index in [0.717, 1.165) is 31.5 Å². The van der Waals surface area contributed by atoms with Crippen LogP contribution in [-0.2, 0) is 0 Å². The van der Waals surface area contributed by atoms with Gasteiger partial charge in [-0.05, 0) is 39.5 Å². The van der Waals surface area contributed by atoms with Crippen LogP contribution in [0.4, 0.5) is 5.82 Å². The highest BCUT2D eigenvalue weighted by Gasteiger charge is 2.18. The Balaban J connectivity index is 1.92. The van der Waals surface area contributed by atoms with Crippen molar-refractivity contribution in [2.24, 2.45) is 5.73 Å². The first-order chi connectivity index (χ1) is 8.63. The van der Waals surface area contributed by atoms with Gasteiger partial charge in [0.1, 0.15) is 12.1 Å². The van der Waals surface area contributed by atoms with E-state index in [1.807, 2.05) is 19.9 Å². The largest absolute Gasteiger partial charge is 0.475 e. The lowest BCUT2D eigenvalue weighted by Crippen LogP contribution is -2.33. The third kappa shape index (κ3) is 3.84. The van der Waals surface area contributed by atoms with Crippen LogP contribution in [-0.4, -0.2) is 28.2 Å². The first-order valence-electron chi connectivity index (χ1n) is 6.64. The number of rotatable bonds is 4. The van der Waals surface area contributed by atoms with Crippen molar-refractivity contribution < 1.29 is 4.74 Å². The van der Waals surface area contributed by atoms with E-state index in [-0.39, 0.29) is 6.10 Å². The fraction of sp³-hybridized carbons (Fsp3) is 0.692. The normalized spacial score (nSPS) is 24.0. The summed E-state index contributed by atoms with van der Waals surface area (Å²) >= 11 is 0. The Labute approximate surface area is 108 Å². The summed E-state index contributed by atoms with van der Waals surface area (Å²) in [5.41, 5.74) is 5.90. The Morgan fingerprint density at radius 3 is 2.67 bits per heavy atom. The van der Waals surface area contributed by atoms with Gasteiger partial charge in [0.15, 0.2) is 0 Å². The maximum Gasteiger partial charge on any atom is 0.218 e. The van der Waals surface area contributed by atoms with Crippen LogP contribution in [0.25, 0.3) is 0 Å². The first kappa shape index (κ1) is 13.1. The van der Waals surface area contributed by atoms with Gasteiger partial charge in [-0.25, -0.2) is 9.97 Å². The smallest absolute Gasteiger partial charge is 0.218 e. The first-order valence-corrected chi connectivity index (χ1v) is 6.64. The van der Waals surface area contributed by atoms with Gasteiger partial charge in [-0.3, -0.25) is 0 Å². The van der Waals surface area contributed by atoms with Crippen molar-refractivity contribution in [3.05, 3.63) is 12.4 Å². The van der Waals surface area contributed by atoms with Crippen LogP contribution in [0.2, 0.25) is 0 Å². The van der Waals surface area contributed by atoms with Gasteiger partial charge in [-0.15, -0.1) is 0 Å². The van der Waals surface area contributed by atoms with Crippen LogP contribution in [0.3, 0.4) is 0 Å². The number of aromatic nitrogens is 2. The molecule has 1 heterocycles. The second-order valence-electron chi connectivity index (χ2n) is 5.16. The average molecular weight is 250 g/mol. The quantitative estimate of drug-likeness (QED) is 0.854. The molecule has 0 spiro atoms. The second kappa shape index (κ2) is 6.00. The summed E-state index contributed by atoms with van der Waals surface area (Å²) in [6.45, 7) is 3.97. The number of nitrogens with zero attached hydrogens (tertiary/aromatic N) is 2. The maximum absolute atomic E-state index is 5.90. The van der Waals surface area contributed by atoms with E-state index in [9.17, 15) is 0 Å². The monoisotopic (exact) mass is 250 g/mol. The van der Waals surface area contributed by atoms with E-state index < -0.39 is 0 Å². The number of ether oxygens (including phenoxy) is 1. The molecule has 0 saturated heterocycles. The number of nitrogens with one attached hydrogen (secondary N) is 1. The minimum absolute atomic E-state index is 0.125. The molecule has 18 heavy (non-hydrogen) atoms. The summed E-state index contributed by atoms with van der Waals surface area (Å²) in [6, 6.07) is 2.69. The SMILES string of the molecule is CC(C)Oc1cc(NC2CCC(N)CC2)ncn1. The highest BCUT2D eigenvalue weighted by atomic mass is 16.5. The molecule has 3 N–H and O–H groups in total. The zero-order valence-electron chi connectivity index (χ0n) is 11.1. The highest BCUT2D eigenvalue weighted by Crippen LogP contribution is 2.21. The molecule has 0 bridgehead atoms. The summed E-state index contributed by atoms with van der Waals surface area (Å²) in [5.74, 6) is 1.45. The molecule has 1 fully saturated rings. The zero-order valence-corrected chi connectivity index (χ0v) is 11.1. The highest BCUT2D eigenvalue weighted by molar-refractivity contribution is 5.38. The van der Waals surface area contributed by atoms with Gasteiger partial charge in [0.2, 0.25) is 5.88 Å². The van der Waals surface area contributed by atoms with Crippen molar-refractivity contribution in [3.63, 3.8) is 0 Å². The molecule has 1 saturated carbocycles. The predicted octanol–water partition coefficient (Wildman–Crippen LogP) is 1.95. The van der Waals surface area contributed by atoms with Crippen LogP contribution in [0.1, 0.15) is 39.5 Å². The summed E-state index contributed by atoms with van der Waals surface area (Å²) < 4.78 is 5.55. The number of anilines is 1. The lowest BCUT2D eigenvalue weighted by Gasteiger charge is -2.27. The summed E-state index contributed by atoms with van der Waals surface area (Å²) in [4.78, 5) is 8.32. The minimum Gasteiger partial charge on any atom is -0.475 e. The molecule has 100 valence electrons. The lowest BCUT2D eigenvalue weighted by molar-refractivity contribution is 0.232. The van der Waals surface area contributed by atoms with Gasteiger partial charge in [0.25, 0.3) is 0 Å². The summed E-state index contributed by atoms with van der Waals surface area (Å²) in [6.07, 6.45) is 6.03. The number of nitrogens with two attached hydrogens (primary N) is 1. The molecule has 2 rings (SSSR count). The molecule has 5 nitrogen and oxygen atoms in total. The second-order valence-corrected chi connectivity index (χ2v) is 5.16. The number of hydrogen-bond acceptors (Lipinski definition) is 5. The zero-order chi connectivity index (χ0) is 13.0. The van der Waals surface area contributed by atoms with Gasteiger partial charge in [-0.1, -0.05) is 0 Å². The van der Waals surface area contributed by atoms with Crippen molar-refractivity contribution in [2.45, 2.75) is 57.7 Å². The molecule has 0 atom stereocenters. The Morgan fingerprint density at radius 2 is 2.00 bits per heavy atom. The van der Waals surface area contributed by atoms with E-state index in [1.165, 1.54) is 6.33 Å². The van der Waals surface area contributed by atoms with E-state index in [4.69, 9.17) is 10.5 Å². The van der Waals surface area contributed by atoms with Crippen molar-refractivity contribution in [1.82, 2.24) is 9.97 Å². The van der Waals surface area contributed by atoms with Gasteiger partial charge < -0.3 is 15.8 Å². The van der Waals surface area contributed by atoms with Crippen LogP contribution in [0.5, 0.6) is 5.88 Å². The van der Waals surface area contributed by atoms with Gasteiger partial charge >= 0.3 is 0 Å². The Kier molecular flexibility index (Phi) is 4.36. The molecule has 0 aliphatic heterocycles. The lowest BCUT2D eigenvalue weighted by atomic mass is 9.92. The molecule has 1 aromatic heterocycles. The van der Waals surface area contributed by atoms with Crippen molar-refractivity contribution >= 4 is 5.82 Å². The minimum atomic E-state index is 0.125. The molecule has 0 aromatic carbocycles. The van der Waals surface area contributed by atoms with Crippen LogP contribution >= 0.6 is 0 Å². The standard InChI is InChI=1S/C13H22N4O/c1-9(2)18-13-7-12(15-8-16-13)17-11-5-3-10(14)4-6-11/h7-11H,3-6,14H2,1-2H3,(H,15,16,17). The van der Waals surface area contributed by atoms with E-state index in [2.05, 4.69) is 15.3 Å². The summed E-state index contributed by atoms with van der Waals surface area (Å²) in [7, 11) is 0. The van der Waals surface area contributed by atoms with E-state index in [0.29, 0.717) is 18.0 Å². The average Bonchev–Trinajstić information content (AvgIpc) is 2.32. The van der Waals surface area contributed by atoms with Crippen molar-refractivity contribution in [3.8, 4) is 5.88 Å². The van der Waals surface area contributed by atoms with Crippen molar-refractivity contribution in [1.29, 1.82) is 0 Å². The number of hydrogen-bond donors (Lipinski definition) is 2. The molecular weight excluding hydrogens is 228 g/mol. The molecular formula is C13H22N4O. The van der Waals surface area contributed by atoms with Crippen LogP contribution in [0, 0.1) is 0 Å². The maximum atomic E-state index is 5.90. The Morgan fingerprint density at radius 1 is 1.28 bits per heavy atom. The van der Waals surface area contributed by atoms with Gasteiger partial charge in [0, 0.05) is 18.2 Å². The molecule has 1 aliphatic rings. The van der Waals surface area contributed by atoms with Gasteiger partial charge in [0.05, 0.1) is 6.10 Å².